The number of aryl methyl sites for hydroxylation is 1. The largest absolute Gasteiger partial charge is 0.495 e. The molecule has 1 aliphatic heterocycles. The molecule has 2 atom stereocenters. The summed E-state index contributed by atoms with van der Waals surface area (Å²) in [5.41, 5.74) is 4.79. The summed E-state index contributed by atoms with van der Waals surface area (Å²) in [5.74, 6) is 1.37. The Bertz CT molecular complexity index is 1440. The van der Waals surface area contributed by atoms with Crippen molar-refractivity contribution in [3.05, 3.63) is 102 Å². The van der Waals surface area contributed by atoms with E-state index >= 15 is 0 Å². The van der Waals surface area contributed by atoms with Crippen molar-refractivity contribution in [2.75, 3.05) is 19.0 Å². The zero-order chi connectivity index (χ0) is 26.6. The number of thiocarbonyl (C=S) groups is 1. The fourth-order valence-corrected chi connectivity index (χ4v) is 5.42. The van der Waals surface area contributed by atoms with Gasteiger partial charge in [-0.25, -0.2) is 4.98 Å². The second kappa shape index (κ2) is 11.0. The molecule has 1 fully saturated rings. The number of anilines is 1. The van der Waals surface area contributed by atoms with Gasteiger partial charge in [-0.15, -0.1) is 0 Å². The predicted octanol–water partition coefficient (Wildman–Crippen LogP) is 4.89. The first kappa shape index (κ1) is 25.4. The molecule has 3 aromatic heterocycles. The van der Waals surface area contributed by atoms with Gasteiger partial charge in [-0.05, 0) is 74.1 Å². The molecular formula is C29H30N6O2S. The van der Waals surface area contributed by atoms with Crippen LogP contribution in [-0.2, 0) is 4.79 Å². The summed E-state index contributed by atoms with van der Waals surface area (Å²) >= 11 is 5.81. The molecule has 1 amide bonds. The zero-order valence-electron chi connectivity index (χ0n) is 21.6. The molecule has 0 bridgehead atoms. The van der Waals surface area contributed by atoms with Gasteiger partial charge in [0, 0.05) is 36.7 Å². The van der Waals surface area contributed by atoms with Crippen LogP contribution in [0.1, 0.15) is 41.1 Å². The van der Waals surface area contributed by atoms with Gasteiger partial charge in [0.05, 0.1) is 30.6 Å². The predicted molar refractivity (Wildman–Crippen MR) is 151 cm³/mol. The van der Waals surface area contributed by atoms with E-state index in [0.29, 0.717) is 23.1 Å². The molecule has 8 nitrogen and oxygen atoms in total. The van der Waals surface area contributed by atoms with Gasteiger partial charge in [0.15, 0.2) is 5.11 Å². The molecule has 4 aromatic rings. The maximum atomic E-state index is 13.0. The molecule has 0 radical (unpaired) electrons. The number of carbonyl (C=O) groups excluding carboxylic acids is 1. The third-order valence-electron chi connectivity index (χ3n) is 6.83. The molecule has 1 saturated heterocycles. The molecule has 4 heterocycles. The standard InChI is InChI=1S/C29H30N6O2S/c1-19-18-21(20(2)35(19)25-13-7-9-16-31-25)28-27(23-11-6-8-15-30-23)33-29(38)34(28)17-14-26(36)32-22-10-4-5-12-24(22)37-3/h4-13,15-16,18,27-28H,14,17H2,1-3H3,(H,32,36)(H,33,38)/t27-,28+/m0/s1. The Kier molecular flexibility index (Phi) is 7.37. The molecule has 1 aromatic carbocycles. The number of methoxy groups -OCH3 is 1. The van der Waals surface area contributed by atoms with Crippen LogP contribution in [0.25, 0.3) is 5.82 Å². The quantitative estimate of drug-likeness (QED) is 0.316. The van der Waals surface area contributed by atoms with Gasteiger partial charge in [0.2, 0.25) is 5.91 Å². The lowest BCUT2D eigenvalue weighted by Crippen LogP contribution is -2.33. The van der Waals surface area contributed by atoms with Crippen molar-refractivity contribution in [2.24, 2.45) is 0 Å². The fraction of sp³-hybridized carbons (Fsp3) is 0.241. The summed E-state index contributed by atoms with van der Waals surface area (Å²) < 4.78 is 7.52. The Labute approximate surface area is 227 Å². The lowest BCUT2D eigenvalue weighted by Gasteiger charge is -2.28. The van der Waals surface area contributed by atoms with Crippen LogP contribution in [-0.4, -0.2) is 44.1 Å². The average molecular weight is 527 g/mol. The van der Waals surface area contributed by atoms with Crippen molar-refractivity contribution < 1.29 is 9.53 Å². The van der Waals surface area contributed by atoms with Crippen LogP contribution in [0.4, 0.5) is 5.69 Å². The highest BCUT2D eigenvalue weighted by molar-refractivity contribution is 7.80. The lowest BCUT2D eigenvalue weighted by molar-refractivity contribution is -0.116. The SMILES string of the molecule is COc1ccccc1NC(=O)CCN1C(=S)N[C@@H](c2ccccn2)[C@H]1c1cc(C)n(-c2ccccn2)c1C. The zero-order valence-corrected chi connectivity index (χ0v) is 22.4. The minimum absolute atomic E-state index is 0.115. The van der Waals surface area contributed by atoms with Crippen LogP contribution in [0.3, 0.4) is 0 Å². The van der Waals surface area contributed by atoms with Crippen molar-refractivity contribution in [3.8, 4) is 11.6 Å². The molecule has 194 valence electrons. The highest BCUT2D eigenvalue weighted by atomic mass is 32.1. The number of hydrogen-bond acceptors (Lipinski definition) is 5. The minimum atomic E-state index is -0.168. The number of ether oxygens (including phenoxy) is 1. The number of pyridine rings is 2. The second-order valence-electron chi connectivity index (χ2n) is 9.17. The van der Waals surface area contributed by atoms with E-state index in [0.717, 1.165) is 28.5 Å². The van der Waals surface area contributed by atoms with Gasteiger partial charge in [-0.3, -0.25) is 9.78 Å². The number of para-hydroxylation sites is 2. The Morgan fingerprint density at radius 1 is 1.05 bits per heavy atom. The normalized spacial score (nSPS) is 16.8. The van der Waals surface area contributed by atoms with Crippen LogP contribution < -0.4 is 15.4 Å². The van der Waals surface area contributed by atoms with E-state index in [1.165, 1.54) is 0 Å². The van der Waals surface area contributed by atoms with Crippen LogP contribution in [0.2, 0.25) is 0 Å². The van der Waals surface area contributed by atoms with Gasteiger partial charge in [-0.1, -0.05) is 24.3 Å². The number of carbonyl (C=O) groups is 1. The number of benzene rings is 1. The number of nitrogens with zero attached hydrogens (tertiary/aromatic N) is 4. The maximum absolute atomic E-state index is 13.0. The summed E-state index contributed by atoms with van der Waals surface area (Å²) in [4.78, 5) is 24.3. The number of aromatic nitrogens is 3. The molecule has 1 aliphatic rings. The number of hydrogen-bond donors (Lipinski definition) is 2. The first-order valence-electron chi connectivity index (χ1n) is 12.5. The van der Waals surface area contributed by atoms with Gasteiger partial charge in [0.1, 0.15) is 11.6 Å². The van der Waals surface area contributed by atoms with E-state index in [-0.39, 0.29) is 24.4 Å². The van der Waals surface area contributed by atoms with Crippen molar-refractivity contribution in [1.29, 1.82) is 0 Å². The highest BCUT2D eigenvalue weighted by Gasteiger charge is 2.41. The Morgan fingerprint density at radius 2 is 1.79 bits per heavy atom. The van der Waals surface area contributed by atoms with E-state index in [9.17, 15) is 4.79 Å². The lowest BCUT2D eigenvalue weighted by atomic mass is 9.96. The maximum Gasteiger partial charge on any atom is 0.226 e. The van der Waals surface area contributed by atoms with E-state index in [4.69, 9.17) is 17.0 Å². The minimum Gasteiger partial charge on any atom is -0.495 e. The van der Waals surface area contributed by atoms with Crippen LogP contribution in [0.15, 0.2) is 79.1 Å². The molecule has 5 rings (SSSR count). The molecule has 0 unspecified atom stereocenters. The van der Waals surface area contributed by atoms with E-state index in [2.05, 4.69) is 50.0 Å². The van der Waals surface area contributed by atoms with E-state index in [1.807, 2.05) is 60.7 Å². The smallest absolute Gasteiger partial charge is 0.226 e. The number of rotatable bonds is 8. The number of nitrogens with one attached hydrogen (secondary N) is 2. The van der Waals surface area contributed by atoms with E-state index in [1.54, 1.807) is 19.5 Å². The summed E-state index contributed by atoms with van der Waals surface area (Å²) in [6.45, 7) is 4.61. The molecular weight excluding hydrogens is 496 g/mol. The molecule has 9 heteroatoms. The Balaban J connectivity index is 1.45. The van der Waals surface area contributed by atoms with Crippen LogP contribution >= 0.6 is 12.2 Å². The van der Waals surface area contributed by atoms with Gasteiger partial charge < -0.3 is 24.8 Å². The van der Waals surface area contributed by atoms with Crippen molar-refractivity contribution >= 4 is 28.9 Å². The van der Waals surface area contributed by atoms with Crippen molar-refractivity contribution in [1.82, 2.24) is 24.8 Å². The average Bonchev–Trinajstić information content (AvgIpc) is 3.42. The van der Waals surface area contributed by atoms with Crippen molar-refractivity contribution in [3.63, 3.8) is 0 Å². The van der Waals surface area contributed by atoms with Gasteiger partial charge >= 0.3 is 0 Å². The van der Waals surface area contributed by atoms with E-state index < -0.39 is 0 Å². The summed E-state index contributed by atoms with van der Waals surface area (Å²) in [5, 5.41) is 7.04. The third kappa shape index (κ3) is 4.97. The summed E-state index contributed by atoms with van der Waals surface area (Å²) in [7, 11) is 1.59. The molecule has 0 spiro atoms. The Morgan fingerprint density at radius 3 is 2.50 bits per heavy atom. The summed E-state index contributed by atoms with van der Waals surface area (Å²) in [6, 6.07) is 21.0. The molecule has 0 saturated carbocycles. The molecule has 38 heavy (non-hydrogen) atoms. The topological polar surface area (TPSA) is 84.3 Å². The molecule has 2 N–H and O–H groups in total. The first-order valence-corrected chi connectivity index (χ1v) is 12.9. The van der Waals surface area contributed by atoms with Crippen molar-refractivity contribution in [2.45, 2.75) is 32.4 Å². The highest BCUT2D eigenvalue weighted by Crippen LogP contribution is 2.41. The number of amides is 1. The Hall–Kier alpha value is -4.24. The monoisotopic (exact) mass is 526 g/mol. The molecule has 0 aliphatic carbocycles. The second-order valence-corrected chi connectivity index (χ2v) is 9.55. The van der Waals surface area contributed by atoms with Gasteiger partial charge in [-0.2, -0.15) is 0 Å². The van der Waals surface area contributed by atoms with Crippen LogP contribution in [0.5, 0.6) is 5.75 Å². The van der Waals surface area contributed by atoms with Gasteiger partial charge in [0.25, 0.3) is 0 Å². The van der Waals surface area contributed by atoms with Crippen LogP contribution in [0, 0.1) is 13.8 Å². The third-order valence-corrected chi connectivity index (χ3v) is 7.18. The first-order chi connectivity index (χ1) is 18.5. The fourth-order valence-electron chi connectivity index (χ4n) is 5.09. The summed E-state index contributed by atoms with van der Waals surface area (Å²) in [6.07, 6.45) is 3.84.